The highest BCUT2D eigenvalue weighted by Crippen LogP contribution is 2.34. The maximum absolute atomic E-state index is 14.2. The van der Waals surface area contributed by atoms with E-state index in [1.165, 1.54) is 0 Å². The molecule has 7 nitrogen and oxygen atoms in total. The highest BCUT2D eigenvalue weighted by molar-refractivity contribution is 7.92. The summed E-state index contributed by atoms with van der Waals surface area (Å²) in [5.41, 5.74) is -4.13. The van der Waals surface area contributed by atoms with Crippen LogP contribution in [0.2, 0.25) is 5.02 Å². The highest BCUT2D eigenvalue weighted by Gasteiger charge is 2.55. The molecule has 3 N–H and O–H groups in total. The third-order valence-corrected chi connectivity index (χ3v) is 7.67. The molecule has 0 radical (unpaired) electrons. The minimum atomic E-state index is -5.27. The SMILES string of the molecule is C[C@@](O)(C(=O)Nc1ccc(S(=O)(=O)c2ccc([S+]([O-])CCO)c(F)c2)cc1Cl)C(F)(F)F. The molecule has 0 aliphatic rings. The summed E-state index contributed by atoms with van der Waals surface area (Å²) < 4.78 is 89.9. The summed E-state index contributed by atoms with van der Waals surface area (Å²) in [5, 5.41) is 19.5. The van der Waals surface area contributed by atoms with Crippen molar-refractivity contribution in [2.75, 3.05) is 17.7 Å². The van der Waals surface area contributed by atoms with Gasteiger partial charge in [-0.05, 0) is 54.5 Å². The number of alkyl halides is 3. The molecular formula is C18H16ClF4NO6S2. The van der Waals surface area contributed by atoms with E-state index >= 15 is 0 Å². The van der Waals surface area contributed by atoms with Gasteiger partial charge >= 0.3 is 6.18 Å². The van der Waals surface area contributed by atoms with Crippen LogP contribution in [-0.4, -0.2) is 53.2 Å². The van der Waals surface area contributed by atoms with Gasteiger partial charge in [-0.25, -0.2) is 12.8 Å². The van der Waals surface area contributed by atoms with E-state index < -0.39 is 71.6 Å². The molecule has 0 spiro atoms. The van der Waals surface area contributed by atoms with Crippen molar-refractivity contribution in [3.8, 4) is 0 Å². The molecule has 2 aromatic carbocycles. The van der Waals surface area contributed by atoms with E-state index in [0.29, 0.717) is 6.07 Å². The van der Waals surface area contributed by atoms with Gasteiger partial charge < -0.3 is 20.1 Å². The largest absolute Gasteiger partial charge is 0.611 e. The Morgan fingerprint density at radius 1 is 1.19 bits per heavy atom. The van der Waals surface area contributed by atoms with Crippen LogP contribution >= 0.6 is 11.6 Å². The number of halogens is 5. The number of nitrogens with one attached hydrogen (secondary N) is 1. The Hall–Kier alpha value is -1.90. The van der Waals surface area contributed by atoms with E-state index in [-0.39, 0.29) is 17.6 Å². The van der Waals surface area contributed by atoms with Crippen molar-refractivity contribution in [1.82, 2.24) is 0 Å². The van der Waals surface area contributed by atoms with Crippen LogP contribution in [0.1, 0.15) is 6.92 Å². The van der Waals surface area contributed by atoms with E-state index in [1.54, 1.807) is 5.32 Å². The highest BCUT2D eigenvalue weighted by atomic mass is 35.5. The number of sulfone groups is 1. The topological polar surface area (TPSA) is 127 Å². The van der Waals surface area contributed by atoms with E-state index in [1.807, 2.05) is 0 Å². The smallest absolute Gasteiger partial charge is 0.426 e. The van der Waals surface area contributed by atoms with E-state index in [9.17, 15) is 40.4 Å². The van der Waals surface area contributed by atoms with Crippen molar-refractivity contribution in [2.24, 2.45) is 0 Å². The fourth-order valence-electron chi connectivity index (χ4n) is 2.30. The third kappa shape index (κ3) is 5.35. The lowest BCUT2D eigenvalue weighted by Gasteiger charge is -2.25. The maximum Gasteiger partial charge on any atom is 0.426 e. The Bertz CT molecular complexity index is 1120. The van der Waals surface area contributed by atoms with Crippen LogP contribution in [0.3, 0.4) is 0 Å². The number of rotatable bonds is 7. The number of hydrogen-bond donors (Lipinski definition) is 3. The van der Waals surface area contributed by atoms with Gasteiger partial charge in [0, 0.05) is 0 Å². The molecule has 2 rings (SSSR count). The second-order valence-corrected chi connectivity index (χ2v) is 10.4. The van der Waals surface area contributed by atoms with Crippen molar-refractivity contribution in [1.29, 1.82) is 0 Å². The number of carbonyl (C=O) groups excluding carboxylic acids is 1. The molecule has 2 aromatic rings. The van der Waals surface area contributed by atoms with Gasteiger partial charge in [0.1, 0.15) is 5.75 Å². The number of anilines is 1. The van der Waals surface area contributed by atoms with Gasteiger partial charge in [0.25, 0.3) is 5.91 Å². The van der Waals surface area contributed by atoms with Gasteiger partial charge in [-0.1, -0.05) is 11.6 Å². The van der Waals surface area contributed by atoms with Crippen LogP contribution in [0, 0.1) is 5.82 Å². The Labute approximate surface area is 188 Å². The predicted octanol–water partition coefficient (Wildman–Crippen LogP) is 2.66. The van der Waals surface area contributed by atoms with E-state index in [4.69, 9.17) is 16.7 Å². The average Bonchev–Trinajstić information content (AvgIpc) is 2.68. The monoisotopic (exact) mass is 517 g/mol. The molecule has 0 bridgehead atoms. The van der Waals surface area contributed by atoms with Crippen LogP contribution in [0.4, 0.5) is 23.2 Å². The molecular weight excluding hydrogens is 502 g/mol. The fraction of sp³-hybridized carbons (Fsp3) is 0.278. The molecule has 0 fully saturated rings. The summed E-state index contributed by atoms with van der Waals surface area (Å²) in [6, 6.07) is 5.25. The molecule has 0 aliphatic heterocycles. The number of hydrogen-bond acceptors (Lipinski definition) is 6. The zero-order chi connectivity index (χ0) is 24.5. The lowest BCUT2D eigenvalue weighted by atomic mass is 10.1. The molecule has 32 heavy (non-hydrogen) atoms. The summed E-state index contributed by atoms with van der Waals surface area (Å²) in [5.74, 6) is -3.16. The first-order valence-electron chi connectivity index (χ1n) is 8.57. The van der Waals surface area contributed by atoms with E-state index in [2.05, 4.69) is 0 Å². The zero-order valence-electron chi connectivity index (χ0n) is 16.1. The van der Waals surface area contributed by atoms with Gasteiger partial charge in [0.2, 0.25) is 15.4 Å². The van der Waals surface area contributed by atoms with Crippen molar-refractivity contribution >= 4 is 44.2 Å². The molecule has 0 saturated carbocycles. The van der Waals surface area contributed by atoms with E-state index in [0.717, 1.165) is 30.3 Å². The van der Waals surface area contributed by atoms with Crippen LogP contribution < -0.4 is 5.32 Å². The molecule has 1 amide bonds. The molecule has 176 valence electrons. The van der Waals surface area contributed by atoms with Crippen molar-refractivity contribution in [3.05, 3.63) is 47.2 Å². The Balaban J connectivity index is 2.34. The molecule has 0 heterocycles. The van der Waals surface area contributed by atoms with Gasteiger partial charge in [-0.3, -0.25) is 4.79 Å². The summed E-state index contributed by atoms with van der Waals surface area (Å²) in [6.45, 7) is -0.229. The number of aliphatic hydroxyl groups is 2. The summed E-state index contributed by atoms with van der Waals surface area (Å²) in [7, 11) is -4.35. The fourth-order valence-corrected chi connectivity index (χ4v) is 4.77. The minimum absolute atomic E-state index is 0.237. The Kier molecular flexibility index (Phi) is 7.85. The van der Waals surface area contributed by atoms with Crippen molar-refractivity contribution in [3.63, 3.8) is 0 Å². The van der Waals surface area contributed by atoms with Crippen molar-refractivity contribution in [2.45, 2.75) is 33.4 Å². The first-order valence-corrected chi connectivity index (χ1v) is 11.7. The minimum Gasteiger partial charge on any atom is -0.611 e. The van der Waals surface area contributed by atoms with Gasteiger partial charge in [-0.2, -0.15) is 13.2 Å². The van der Waals surface area contributed by atoms with Crippen molar-refractivity contribution < 1.29 is 45.5 Å². The van der Waals surface area contributed by atoms with Crippen LogP contribution in [-0.2, 0) is 25.8 Å². The number of amides is 1. The summed E-state index contributed by atoms with van der Waals surface area (Å²) >= 11 is 4.00. The van der Waals surface area contributed by atoms with Gasteiger partial charge in [-0.15, -0.1) is 0 Å². The quantitative estimate of drug-likeness (QED) is 0.383. The Morgan fingerprint density at radius 2 is 1.75 bits per heavy atom. The summed E-state index contributed by atoms with van der Waals surface area (Å²) in [6.07, 6.45) is -5.27. The van der Waals surface area contributed by atoms with Gasteiger partial charge in [0.15, 0.2) is 10.7 Å². The number of benzene rings is 2. The first-order chi connectivity index (χ1) is 14.6. The number of carbonyl (C=O) groups is 1. The lowest BCUT2D eigenvalue weighted by Crippen LogP contribution is -2.52. The van der Waals surface area contributed by atoms with Crippen LogP contribution in [0.5, 0.6) is 0 Å². The summed E-state index contributed by atoms with van der Waals surface area (Å²) in [4.78, 5) is 10.5. The third-order valence-electron chi connectivity index (χ3n) is 4.23. The molecule has 0 aliphatic carbocycles. The van der Waals surface area contributed by atoms with Crippen LogP contribution in [0.15, 0.2) is 51.1 Å². The molecule has 14 heteroatoms. The molecule has 0 saturated heterocycles. The van der Waals surface area contributed by atoms with Gasteiger partial charge in [0.05, 0.1) is 27.1 Å². The number of aliphatic hydroxyl groups excluding tert-OH is 1. The predicted molar refractivity (Wildman–Crippen MR) is 107 cm³/mol. The standard InChI is InChI=1S/C18H16ClF4NO6S2/c1-17(27,18(21,22)23)16(26)24-14-4-2-10(8-12(14)19)32(29,30)11-3-5-15(13(20)9-11)31(28)7-6-25/h2-5,8-9,25,27H,6-7H2,1H3,(H,24,26)/t17-,31?/m1/s1. The zero-order valence-corrected chi connectivity index (χ0v) is 18.5. The van der Waals surface area contributed by atoms with Crippen LogP contribution in [0.25, 0.3) is 0 Å². The second-order valence-electron chi connectivity index (χ2n) is 6.53. The Morgan fingerprint density at radius 3 is 2.25 bits per heavy atom. The average molecular weight is 518 g/mol. The lowest BCUT2D eigenvalue weighted by molar-refractivity contribution is -0.242. The maximum atomic E-state index is 14.2. The molecule has 2 atom stereocenters. The normalized spacial score (nSPS) is 15.2. The molecule has 1 unspecified atom stereocenters. The second kappa shape index (κ2) is 9.53. The molecule has 0 aromatic heterocycles. The first kappa shape index (κ1) is 26.4.